The summed E-state index contributed by atoms with van der Waals surface area (Å²) < 4.78 is 39.8. The zero-order valence-corrected chi connectivity index (χ0v) is 13.3. The summed E-state index contributed by atoms with van der Waals surface area (Å²) in [5.41, 5.74) is 0.723. The van der Waals surface area contributed by atoms with Crippen molar-refractivity contribution < 1.29 is 18.0 Å². The molecule has 2 N–H and O–H groups in total. The van der Waals surface area contributed by atoms with Crippen LogP contribution < -0.4 is 10.6 Å². The molecule has 2 aromatic rings. The third kappa shape index (κ3) is 4.08. The van der Waals surface area contributed by atoms with Crippen molar-refractivity contribution in [2.75, 3.05) is 19.6 Å². The van der Waals surface area contributed by atoms with Gasteiger partial charge in [-0.15, -0.1) is 0 Å². The zero-order valence-electron chi connectivity index (χ0n) is 13.3. The Morgan fingerprint density at radius 3 is 2.88 bits per heavy atom. The standard InChI is InChI=1S/C17H17F3N4O/c18-17(19,20)15-6-9-23-24(15)14-3-1-2-13(10-14)16(25)22-11-12-4-7-21-8-5-12/h1-4,6,9-10,21H,5,7-8,11H2,(H,22,25). The fourth-order valence-corrected chi connectivity index (χ4v) is 2.63. The Morgan fingerprint density at radius 1 is 1.32 bits per heavy atom. The van der Waals surface area contributed by atoms with Crippen LogP contribution in [-0.4, -0.2) is 35.3 Å². The van der Waals surface area contributed by atoms with Gasteiger partial charge in [-0.25, -0.2) is 4.68 Å². The Morgan fingerprint density at radius 2 is 2.16 bits per heavy atom. The second kappa shape index (κ2) is 7.10. The maximum Gasteiger partial charge on any atom is 0.433 e. The zero-order chi connectivity index (χ0) is 17.9. The van der Waals surface area contributed by atoms with Crippen LogP contribution in [0.4, 0.5) is 13.2 Å². The Bertz CT molecular complexity index is 795. The smallest absolute Gasteiger partial charge is 0.348 e. The predicted molar refractivity (Wildman–Crippen MR) is 86.5 cm³/mol. The fraction of sp³-hybridized carbons (Fsp3) is 0.294. The molecule has 1 aromatic heterocycles. The Balaban J connectivity index is 1.76. The van der Waals surface area contributed by atoms with E-state index in [1.165, 1.54) is 18.2 Å². The molecule has 25 heavy (non-hydrogen) atoms. The number of nitrogens with zero attached hydrogens (tertiary/aromatic N) is 2. The average Bonchev–Trinajstić information content (AvgIpc) is 3.11. The molecule has 1 aliphatic rings. The minimum atomic E-state index is -4.52. The summed E-state index contributed by atoms with van der Waals surface area (Å²) in [6.45, 7) is 2.08. The quantitative estimate of drug-likeness (QED) is 0.833. The molecule has 0 fully saturated rings. The average molecular weight is 350 g/mol. The molecule has 0 aliphatic carbocycles. The highest BCUT2D eigenvalue weighted by Gasteiger charge is 2.35. The largest absolute Gasteiger partial charge is 0.433 e. The molecule has 5 nitrogen and oxygen atoms in total. The summed E-state index contributed by atoms with van der Waals surface area (Å²) in [7, 11) is 0. The lowest BCUT2D eigenvalue weighted by Gasteiger charge is -2.15. The fourth-order valence-electron chi connectivity index (χ4n) is 2.63. The molecule has 0 bridgehead atoms. The van der Waals surface area contributed by atoms with Gasteiger partial charge in [-0.3, -0.25) is 4.79 Å². The van der Waals surface area contributed by atoms with Gasteiger partial charge in [-0.05, 0) is 37.2 Å². The maximum absolute atomic E-state index is 13.0. The SMILES string of the molecule is O=C(NCC1=CCNCC1)c1cccc(-n2nccc2C(F)(F)F)c1. The van der Waals surface area contributed by atoms with E-state index in [-0.39, 0.29) is 17.2 Å². The lowest BCUT2D eigenvalue weighted by molar-refractivity contribution is -0.142. The molecular formula is C17H17F3N4O. The first-order valence-corrected chi connectivity index (χ1v) is 7.83. The number of hydrogen-bond donors (Lipinski definition) is 2. The van der Waals surface area contributed by atoms with Crippen molar-refractivity contribution >= 4 is 5.91 Å². The van der Waals surface area contributed by atoms with Gasteiger partial charge in [-0.1, -0.05) is 17.7 Å². The second-order valence-electron chi connectivity index (χ2n) is 5.68. The number of halogens is 3. The van der Waals surface area contributed by atoms with E-state index in [2.05, 4.69) is 15.7 Å². The Hall–Kier alpha value is -2.61. The minimum Gasteiger partial charge on any atom is -0.348 e. The van der Waals surface area contributed by atoms with Gasteiger partial charge in [0.1, 0.15) is 5.69 Å². The van der Waals surface area contributed by atoms with Crippen LogP contribution in [0.2, 0.25) is 0 Å². The molecule has 1 amide bonds. The van der Waals surface area contributed by atoms with Gasteiger partial charge < -0.3 is 10.6 Å². The van der Waals surface area contributed by atoms with Crippen molar-refractivity contribution in [2.24, 2.45) is 0 Å². The maximum atomic E-state index is 13.0. The topological polar surface area (TPSA) is 59.0 Å². The normalized spacial score (nSPS) is 14.9. The van der Waals surface area contributed by atoms with Crippen LogP contribution in [0.1, 0.15) is 22.5 Å². The van der Waals surface area contributed by atoms with Gasteiger partial charge in [0.15, 0.2) is 0 Å². The molecule has 132 valence electrons. The van der Waals surface area contributed by atoms with Crippen molar-refractivity contribution in [1.82, 2.24) is 20.4 Å². The summed E-state index contributed by atoms with van der Waals surface area (Å²) in [5.74, 6) is -0.331. The van der Waals surface area contributed by atoms with Crippen molar-refractivity contribution in [3.05, 3.63) is 59.4 Å². The van der Waals surface area contributed by atoms with Crippen molar-refractivity contribution in [3.63, 3.8) is 0 Å². The van der Waals surface area contributed by atoms with Gasteiger partial charge >= 0.3 is 6.18 Å². The Labute approximate surface area is 142 Å². The predicted octanol–water partition coefficient (Wildman–Crippen LogP) is 2.54. The van der Waals surface area contributed by atoms with E-state index in [0.717, 1.165) is 42.0 Å². The van der Waals surface area contributed by atoms with Crippen LogP contribution in [0, 0.1) is 0 Å². The summed E-state index contributed by atoms with van der Waals surface area (Å²) in [5, 5.41) is 9.70. The molecule has 8 heteroatoms. The third-order valence-corrected chi connectivity index (χ3v) is 3.92. The van der Waals surface area contributed by atoms with Gasteiger partial charge in [0.05, 0.1) is 11.9 Å². The van der Waals surface area contributed by atoms with E-state index in [1.54, 1.807) is 6.07 Å². The lowest BCUT2D eigenvalue weighted by Crippen LogP contribution is -2.29. The lowest BCUT2D eigenvalue weighted by atomic mass is 10.1. The van der Waals surface area contributed by atoms with E-state index >= 15 is 0 Å². The van der Waals surface area contributed by atoms with Gasteiger partial charge in [0.25, 0.3) is 5.91 Å². The number of carbonyl (C=O) groups excluding carboxylic acids is 1. The molecule has 0 unspecified atom stereocenters. The molecule has 0 spiro atoms. The van der Waals surface area contributed by atoms with Gasteiger partial charge in [0, 0.05) is 18.7 Å². The highest BCUT2D eigenvalue weighted by molar-refractivity contribution is 5.94. The highest BCUT2D eigenvalue weighted by Crippen LogP contribution is 2.30. The van der Waals surface area contributed by atoms with Crippen molar-refractivity contribution in [1.29, 1.82) is 0 Å². The molecule has 0 radical (unpaired) electrons. The van der Waals surface area contributed by atoms with Gasteiger partial charge in [0.2, 0.25) is 0 Å². The summed E-state index contributed by atoms with van der Waals surface area (Å²) in [4.78, 5) is 12.3. The summed E-state index contributed by atoms with van der Waals surface area (Å²) in [6.07, 6.45) is -0.544. The first-order valence-electron chi connectivity index (χ1n) is 7.83. The molecule has 1 aliphatic heterocycles. The van der Waals surface area contributed by atoms with Crippen LogP contribution >= 0.6 is 0 Å². The molecule has 0 saturated heterocycles. The van der Waals surface area contributed by atoms with Crippen molar-refractivity contribution in [2.45, 2.75) is 12.6 Å². The first kappa shape index (κ1) is 17.2. The van der Waals surface area contributed by atoms with Crippen LogP contribution in [0.25, 0.3) is 5.69 Å². The van der Waals surface area contributed by atoms with Crippen molar-refractivity contribution in [3.8, 4) is 5.69 Å². The van der Waals surface area contributed by atoms with E-state index < -0.39 is 11.9 Å². The second-order valence-corrected chi connectivity index (χ2v) is 5.68. The van der Waals surface area contributed by atoms with Crippen LogP contribution in [0.15, 0.2) is 48.2 Å². The number of alkyl halides is 3. The molecule has 3 rings (SSSR count). The number of amides is 1. The molecule has 0 saturated carbocycles. The number of nitrogens with one attached hydrogen (secondary N) is 2. The van der Waals surface area contributed by atoms with E-state index in [0.29, 0.717) is 6.54 Å². The Kier molecular flexibility index (Phi) is 4.89. The molecule has 0 atom stereocenters. The van der Waals surface area contributed by atoms with E-state index in [1.807, 2.05) is 6.08 Å². The molecular weight excluding hydrogens is 333 g/mol. The van der Waals surface area contributed by atoms with Crippen LogP contribution in [0.3, 0.4) is 0 Å². The van der Waals surface area contributed by atoms with Gasteiger partial charge in [-0.2, -0.15) is 18.3 Å². The monoisotopic (exact) mass is 350 g/mol. The minimum absolute atomic E-state index is 0.186. The first-order chi connectivity index (χ1) is 11.9. The van der Waals surface area contributed by atoms with Crippen LogP contribution in [-0.2, 0) is 6.18 Å². The summed E-state index contributed by atoms with van der Waals surface area (Å²) >= 11 is 0. The number of hydrogen-bond acceptors (Lipinski definition) is 3. The molecule has 1 aromatic carbocycles. The molecule has 2 heterocycles. The van der Waals surface area contributed by atoms with E-state index in [4.69, 9.17) is 0 Å². The summed E-state index contributed by atoms with van der Waals surface area (Å²) in [6, 6.07) is 6.88. The number of carbonyl (C=O) groups is 1. The number of benzene rings is 1. The number of rotatable bonds is 4. The highest BCUT2D eigenvalue weighted by atomic mass is 19.4. The third-order valence-electron chi connectivity index (χ3n) is 3.92. The van der Waals surface area contributed by atoms with E-state index in [9.17, 15) is 18.0 Å². The number of aromatic nitrogens is 2. The van der Waals surface area contributed by atoms with Crippen LogP contribution in [0.5, 0.6) is 0 Å².